The van der Waals surface area contributed by atoms with Crippen LogP contribution >= 0.6 is 11.6 Å². The van der Waals surface area contributed by atoms with Gasteiger partial charge in [0.25, 0.3) is 5.91 Å². The SMILES string of the molecule is C=C(C)C(=O)OC1CCC(Oc2ccc(C(=O)/C=C/c3ccc(OC(=O)c4ccc(N=Nc5ccc(OCCN(C(=O)C(=C)Cl)C(C)C)cc5)cc4)cc3)cc2)CC1. The average Bonchev–Trinajstić information content (AvgIpc) is 3.22. The number of benzene rings is 4. The fraction of sp³-hybridized carbons (Fsp3) is 0.261. The Hall–Kier alpha value is -6.33. The lowest BCUT2D eigenvalue weighted by atomic mass is 9.95. The summed E-state index contributed by atoms with van der Waals surface area (Å²) in [7, 11) is 0. The second-order valence-electron chi connectivity index (χ2n) is 14.0. The summed E-state index contributed by atoms with van der Waals surface area (Å²) in [5, 5.41) is 8.46. The van der Waals surface area contributed by atoms with Crippen LogP contribution in [0.2, 0.25) is 0 Å². The zero-order chi connectivity index (χ0) is 41.6. The van der Waals surface area contributed by atoms with Crippen molar-refractivity contribution in [2.45, 2.75) is 64.7 Å². The van der Waals surface area contributed by atoms with Crippen molar-refractivity contribution in [1.29, 1.82) is 0 Å². The predicted octanol–water partition coefficient (Wildman–Crippen LogP) is 10.4. The van der Waals surface area contributed by atoms with Gasteiger partial charge in [0.05, 0.1) is 34.6 Å². The highest BCUT2D eigenvalue weighted by Crippen LogP contribution is 2.27. The molecule has 1 amide bonds. The summed E-state index contributed by atoms with van der Waals surface area (Å²) in [6, 6.07) is 27.4. The number of nitrogens with zero attached hydrogens (tertiary/aromatic N) is 3. The average molecular weight is 804 g/mol. The van der Waals surface area contributed by atoms with Gasteiger partial charge in [0.15, 0.2) is 5.78 Å². The van der Waals surface area contributed by atoms with E-state index in [4.69, 9.17) is 30.5 Å². The van der Waals surface area contributed by atoms with Crippen molar-refractivity contribution in [3.05, 3.63) is 144 Å². The van der Waals surface area contributed by atoms with E-state index in [2.05, 4.69) is 23.4 Å². The maximum Gasteiger partial charge on any atom is 0.343 e. The molecule has 0 unspecified atom stereocenters. The van der Waals surface area contributed by atoms with Gasteiger partial charge in [-0.1, -0.05) is 43.0 Å². The van der Waals surface area contributed by atoms with Crippen molar-refractivity contribution in [2.24, 2.45) is 10.2 Å². The summed E-state index contributed by atoms with van der Waals surface area (Å²) in [4.78, 5) is 51.2. The van der Waals surface area contributed by atoms with Crippen LogP contribution in [0.25, 0.3) is 6.08 Å². The van der Waals surface area contributed by atoms with Gasteiger partial charge in [-0.2, -0.15) is 10.2 Å². The van der Waals surface area contributed by atoms with Crippen LogP contribution in [0.3, 0.4) is 0 Å². The molecule has 5 rings (SSSR count). The van der Waals surface area contributed by atoms with E-state index in [0.717, 1.165) is 31.2 Å². The Morgan fingerprint density at radius 1 is 0.759 bits per heavy atom. The zero-order valence-electron chi connectivity index (χ0n) is 32.8. The third-order valence-electron chi connectivity index (χ3n) is 9.14. The molecule has 1 saturated carbocycles. The van der Waals surface area contributed by atoms with E-state index in [-0.39, 0.29) is 47.5 Å². The number of azo groups is 1. The van der Waals surface area contributed by atoms with Crippen LogP contribution in [0.5, 0.6) is 17.2 Å². The summed E-state index contributed by atoms with van der Waals surface area (Å²) in [6.07, 6.45) is 6.09. The summed E-state index contributed by atoms with van der Waals surface area (Å²) < 4.78 is 22.9. The van der Waals surface area contributed by atoms with Crippen LogP contribution in [0.1, 0.15) is 72.7 Å². The molecule has 0 radical (unpaired) electrons. The fourth-order valence-electron chi connectivity index (χ4n) is 5.89. The molecule has 12 heteroatoms. The molecule has 0 N–H and O–H groups in total. The number of allylic oxidation sites excluding steroid dienone is 1. The van der Waals surface area contributed by atoms with Gasteiger partial charge in [0, 0.05) is 17.2 Å². The van der Waals surface area contributed by atoms with Crippen molar-refractivity contribution in [3.63, 3.8) is 0 Å². The number of hydrogen-bond donors (Lipinski definition) is 0. The fourth-order valence-corrected chi connectivity index (χ4v) is 6.00. The van der Waals surface area contributed by atoms with Crippen LogP contribution in [-0.4, -0.2) is 59.9 Å². The number of ether oxygens (including phenoxy) is 4. The Balaban J connectivity index is 1.04. The molecular weight excluding hydrogens is 758 g/mol. The van der Waals surface area contributed by atoms with Crippen LogP contribution in [0.15, 0.2) is 137 Å². The molecule has 1 aliphatic rings. The number of halogens is 1. The van der Waals surface area contributed by atoms with Crippen LogP contribution in [0.4, 0.5) is 11.4 Å². The van der Waals surface area contributed by atoms with Crippen molar-refractivity contribution in [2.75, 3.05) is 13.2 Å². The molecule has 1 aliphatic carbocycles. The lowest BCUT2D eigenvalue weighted by Crippen LogP contribution is -2.39. The van der Waals surface area contributed by atoms with Crippen molar-refractivity contribution < 1.29 is 38.1 Å². The van der Waals surface area contributed by atoms with Gasteiger partial charge in [-0.3, -0.25) is 9.59 Å². The number of esters is 2. The van der Waals surface area contributed by atoms with Crippen LogP contribution < -0.4 is 14.2 Å². The second kappa shape index (κ2) is 20.7. The first-order valence-electron chi connectivity index (χ1n) is 18.9. The lowest BCUT2D eigenvalue weighted by Gasteiger charge is -2.28. The molecule has 0 aliphatic heterocycles. The molecule has 1 fully saturated rings. The molecule has 300 valence electrons. The Morgan fingerprint density at radius 3 is 1.86 bits per heavy atom. The number of ketones is 1. The van der Waals surface area contributed by atoms with E-state index in [9.17, 15) is 19.2 Å². The maximum atomic E-state index is 12.8. The van der Waals surface area contributed by atoms with Crippen molar-refractivity contribution in [1.82, 2.24) is 4.90 Å². The largest absolute Gasteiger partial charge is 0.492 e. The number of carbonyl (C=O) groups excluding carboxylic acids is 4. The molecule has 11 nitrogen and oxygen atoms in total. The molecular formula is C46H46ClN3O8. The third-order valence-corrected chi connectivity index (χ3v) is 9.30. The minimum atomic E-state index is -0.532. The molecule has 0 bridgehead atoms. The van der Waals surface area contributed by atoms with Crippen LogP contribution in [-0.2, 0) is 14.3 Å². The highest BCUT2D eigenvalue weighted by molar-refractivity contribution is 6.41. The Kier molecular flexibility index (Phi) is 15.3. The van der Waals surface area contributed by atoms with Gasteiger partial charge in [0.2, 0.25) is 0 Å². The molecule has 0 saturated heterocycles. The molecule has 0 aromatic heterocycles. The summed E-state index contributed by atoms with van der Waals surface area (Å²) in [6.45, 7) is 13.2. The quantitative estimate of drug-likeness (QED) is 0.0339. The summed E-state index contributed by atoms with van der Waals surface area (Å²) >= 11 is 5.78. The Morgan fingerprint density at radius 2 is 1.29 bits per heavy atom. The predicted molar refractivity (Wildman–Crippen MR) is 223 cm³/mol. The van der Waals surface area contributed by atoms with Gasteiger partial charge >= 0.3 is 11.9 Å². The van der Waals surface area contributed by atoms with E-state index >= 15 is 0 Å². The van der Waals surface area contributed by atoms with Gasteiger partial charge in [-0.05, 0) is 143 Å². The van der Waals surface area contributed by atoms with E-state index in [0.29, 0.717) is 51.9 Å². The number of hydrogen-bond acceptors (Lipinski definition) is 10. The first kappa shape index (κ1) is 42.8. The van der Waals surface area contributed by atoms with Crippen molar-refractivity contribution in [3.8, 4) is 17.2 Å². The second-order valence-corrected chi connectivity index (χ2v) is 14.4. The first-order valence-corrected chi connectivity index (χ1v) is 19.3. The van der Waals surface area contributed by atoms with Gasteiger partial charge in [-0.25, -0.2) is 9.59 Å². The first-order chi connectivity index (χ1) is 27.8. The third kappa shape index (κ3) is 12.9. The van der Waals surface area contributed by atoms with Crippen molar-refractivity contribution >= 4 is 52.7 Å². The number of amides is 1. The highest BCUT2D eigenvalue weighted by atomic mass is 35.5. The zero-order valence-corrected chi connectivity index (χ0v) is 33.5. The Labute approximate surface area is 343 Å². The molecule has 58 heavy (non-hydrogen) atoms. The monoisotopic (exact) mass is 803 g/mol. The minimum absolute atomic E-state index is 0.0175. The van der Waals surface area contributed by atoms with Crippen LogP contribution in [0, 0.1) is 0 Å². The van der Waals surface area contributed by atoms with E-state index < -0.39 is 5.97 Å². The minimum Gasteiger partial charge on any atom is -0.492 e. The van der Waals surface area contributed by atoms with E-state index in [1.54, 1.807) is 115 Å². The molecule has 4 aromatic carbocycles. The summed E-state index contributed by atoms with van der Waals surface area (Å²) in [5.74, 6) is 0.276. The molecule has 0 heterocycles. The highest BCUT2D eigenvalue weighted by Gasteiger charge is 2.25. The van der Waals surface area contributed by atoms with E-state index in [1.165, 1.54) is 6.08 Å². The Bertz CT molecular complexity index is 2140. The lowest BCUT2D eigenvalue weighted by molar-refractivity contribution is -0.146. The smallest absolute Gasteiger partial charge is 0.343 e. The van der Waals surface area contributed by atoms with Gasteiger partial charge in [-0.15, -0.1) is 0 Å². The molecule has 0 atom stereocenters. The molecule has 4 aromatic rings. The maximum absolute atomic E-state index is 12.8. The normalized spacial score (nSPS) is 15.2. The summed E-state index contributed by atoms with van der Waals surface area (Å²) in [5.41, 5.74) is 3.17. The number of carbonyl (C=O) groups is 4. The standard InChI is InChI=1S/C46H46ClN3O8/c1-30(2)45(53)57-42-25-23-40(24-26-42)56-39-19-11-34(12-20-39)43(51)27-8-33-6-17-41(18-7-33)58-46(54)35-9-13-36(14-10-35)48-49-37-15-21-38(22-16-37)55-29-28-50(31(3)4)44(52)32(5)47/h6-22,27,31,40,42H,1,5,23-26,28-29H2,2-4H3/b27-8+,49-48?. The number of rotatable bonds is 17. The molecule has 0 spiro atoms. The van der Waals surface area contributed by atoms with E-state index in [1.807, 2.05) is 13.8 Å². The van der Waals surface area contributed by atoms with Gasteiger partial charge in [0.1, 0.15) is 30.0 Å². The van der Waals surface area contributed by atoms with Gasteiger partial charge < -0.3 is 23.8 Å². The topological polar surface area (TPSA) is 133 Å².